The summed E-state index contributed by atoms with van der Waals surface area (Å²) in [6.07, 6.45) is 0.509. The lowest BCUT2D eigenvalue weighted by Gasteiger charge is -2.17. The van der Waals surface area contributed by atoms with Crippen molar-refractivity contribution in [3.8, 4) is 22.8 Å². The van der Waals surface area contributed by atoms with E-state index in [2.05, 4.69) is 45.2 Å². The molecule has 0 bridgehead atoms. The molecule has 14 nitrogen and oxygen atoms in total. The topological polar surface area (TPSA) is 182 Å². The molecule has 2 aliphatic heterocycles. The fourth-order valence-corrected chi connectivity index (χ4v) is 4.94. The molecule has 6 heterocycles. The molecule has 3 N–H and O–H groups in total. The number of alkyl halides is 8. The molecule has 2 unspecified atom stereocenters. The maximum absolute atomic E-state index is 12.8. The normalized spacial score (nSPS) is 17.0. The van der Waals surface area contributed by atoms with Gasteiger partial charge in [0.1, 0.15) is 17.5 Å². The second-order valence-electron chi connectivity index (χ2n) is 11.2. The Morgan fingerprint density at radius 3 is 1.55 bits per heavy atom. The van der Waals surface area contributed by atoms with Crippen LogP contribution >= 0.6 is 34.8 Å². The molecule has 0 saturated carbocycles. The predicted octanol–water partition coefficient (Wildman–Crippen LogP) is 5.39. The van der Waals surface area contributed by atoms with Gasteiger partial charge in [-0.3, -0.25) is 9.59 Å². The number of halogens is 9. The van der Waals surface area contributed by atoms with E-state index in [9.17, 15) is 35.9 Å². The number of nitrogens with one attached hydrogen (secondary N) is 1. The highest BCUT2D eigenvalue weighted by Gasteiger charge is 2.45. The number of aromatic nitrogens is 8. The van der Waals surface area contributed by atoms with E-state index in [0.717, 1.165) is 0 Å². The van der Waals surface area contributed by atoms with Crippen molar-refractivity contribution in [2.45, 2.75) is 25.2 Å². The van der Waals surface area contributed by atoms with Crippen molar-refractivity contribution in [2.75, 3.05) is 58.8 Å². The van der Waals surface area contributed by atoms with Gasteiger partial charge in [0, 0.05) is 63.4 Å². The average Bonchev–Trinajstić information content (AvgIpc) is 3.85. The molecule has 1 amide bonds. The van der Waals surface area contributed by atoms with Gasteiger partial charge in [0.15, 0.2) is 11.6 Å². The van der Waals surface area contributed by atoms with Crippen LogP contribution in [0.25, 0.3) is 22.8 Å². The molecule has 53 heavy (non-hydrogen) atoms. The Labute approximate surface area is 312 Å². The summed E-state index contributed by atoms with van der Waals surface area (Å²) in [5.74, 6) is -1.64. The maximum Gasteiger partial charge on any atom is 0.393 e. The first-order chi connectivity index (χ1) is 25.1. The van der Waals surface area contributed by atoms with E-state index >= 15 is 0 Å². The van der Waals surface area contributed by atoms with Crippen molar-refractivity contribution in [1.82, 2.24) is 39.9 Å². The molecule has 284 valence electrons. The van der Waals surface area contributed by atoms with Gasteiger partial charge in [-0.25, -0.2) is 39.9 Å². The van der Waals surface area contributed by atoms with Crippen LogP contribution < -0.4 is 20.9 Å². The predicted molar refractivity (Wildman–Crippen MR) is 184 cm³/mol. The zero-order valence-corrected chi connectivity index (χ0v) is 29.5. The zero-order chi connectivity index (χ0) is 38.8. The van der Waals surface area contributed by atoms with E-state index in [0.29, 0.717) is 22.8 Å². The van der Waals surface area contributed by atoms with Crippen LogP contribution in [0.5, 0.6) is 0 Å². The molecule has 0 aliphatic carbocycles. The van der Waals surface area contributed by atoms with Gasteiger partial charge in [0.2, 0.25) is 23.0 Å². The van der Waals surface area contributed by atoms with E-state index in [1.165, 1.54) is 53.0 Å². The minimum atomic E-state index is -4.21. The highest BCUT2D eigenvalue weighted by Crippen LogP contribution is 2.35. The summed E-state index contributed by atoms with van der Waals surface area (Å²) < 4.78 is 76.3. The monoisotopic (exact) mass is 808 g/mol. The van der Waals surface area contributed by atoms with Gasteiger partial charge in [0.05, 0.1) is 28.8 Å². The van der Waals surface area contributed by atoms with Crippen LogP contribution in [0.4, 0.5) is 49.9 Å². The third kappa shape index (κ3) is 12.2. The molecule has 2 saturated heterocycles. The van der Waals surface area contributed by atoms with Crippen molar-refractivity contribution >= 4 is 69.5 Å². The smallest absolute Gasteiger partial charge is 0.384 e. The summed E-state index contributed by atoms with van der Waals surface area (Å²) in [6, 6.07) is 3.06. The number of carbonyl (C=O) groups is 2. The Kier molecular flexibility index (Phi) is 14.2. The summed E-state index contributed by atoms with van der Waals surface area (Å²) in [7, 11) is 0. The largest absolute Gasteiger partial charge is 0.393 e. The first kappa shape index (κ1) is 41.1. The first-order valence-corrected chi connectivity index (χ1v) is 16.8. The highest BCUT2D eigenvalue weighted by molar-refractivity contribution is 6.67. The molecule has 4 aromatic rings. The van der Waals surface area contributed by atoms with Gasteiger partial charge in [-0.05, 0) is 36.6 Å². The molecule has 0 radical (unpaired) electrons. The van der Waals surface area contributed by atoms with Crippen LogP contribution in [-0.4, -0.2) is 101 Å². The lowest BCUT2D eigenvalue weighted by molar-refractivity contribution is -0.168. The number of amides is 1. The lowest BCUT2D eigenvalue weighted by Crippen LogP contribution is -2.28. The number of hydrogen-bond donors (Lipinski definition) is 2. The molecule has 0 spiro atoms. The SMILES string of the molecule is Nc1ccnc(-c2cnc(N3CCC(C(F)(F)F)C3)nc2)n1.O=C(CCl)Nc1ccnc(-c2cnc(N3CCC(C(F)(F)F)C3)nc2)n1.O=C(Cl)CCl. The van der Waals surface area contributed by atoms with E-state index in [-0.39, 0.29) is 74.3 Å². The average molecular weight is 810 g/mol. The van der Waals surface area contributed by atoms with Crippen molar-refractivity contribution in [2.24, 2.45) is 11.8 Å². The van der Waals surface area contributed by atoms with Gasteiger partial charge in [-0.2, -0.15) is 26.3 Å². The quantitative estimate of drug-likeness (QED) is 0.138. The number of nitrogen functional groups attached to an aromatic ring is 1. The molecule has 2 aliphatic rings. The standard InChI is InChI=1S/C15H14ClF3N6O.C13H13F3N6.C2H2Cl2O/c16-5-12(26)23-11-1-3-20-13(24-11)9-6-21-14(22-7-9)25-4-2-10(8-25)15(17,18)19;14-13(15,16)9-2-4-22(7-9)12-19-5-8(6-20-12)11-18-3-1-10(17)21-11;3-1-2(4)5/h1,3,6-7,10H,2,4-5,8H2,(H,20,23,24,26);1,3,5-6,9H,2,4,7H2,(H2,17,18,21);1H2. The van der Waals surface area contributed by atoms with Crippen molar-refractivity contribution < 1.29 is 35.9 Å². The number of nitrogens with zero attached hydrogens (tertiary/aromatic N) is 10. The van der Waals surface area contributed by atoms with E-state index in [1.807, 2.05) is 0 Å². The lowest BCUT2D eigenvalue weighted by atomic mass is 10.1. The minimum Gasteiger partial charge on any atom is -0.384 e. The van der Waals surface area contributed by atoms with Crippen LogP contribution in [0.1, 0.15) is 12.8 Å². The Bertz CT molecular complexity index is 1820. The van der Waals surface area contributed by atoms with Crippen LogP contribution in [0, 0.1) is 11.8 Å². The Hall–Kier alpha value is -4.69. The number of anilines is 4. The second kappa shape index (κ2) is 18.4. The van der Waals surface area contributed by atoms with Crippen LogP contribution in [0.3, 0.4) is 0 Å². The Balaban J connectivity index is 0.000000212. The van der Waals surface area contributed by atoms with Gasteiger partial charge < -0.3 is 20.9 Å². The first-order valence-electron chi connectivity index (χ1n) is 15.4. The maximum atomic E-state index is 12.8. The number of hydrogen-bond acceptors (Lipinski definition) is 13. The molecule has 4 aromatic heterocycles. The molecular weight excluding hydrogens is 781 g/mol. The van der Waals surface area contributed by atoms with Crippen molar-refractivity contribution in [3.05, 3.63) is 49.3 Å². The summed E-state index contributed by atoms with van der Waals surface area (Å²) in [5.41, 5.74) is 6.61. The molecule has 0 aromatic carbocycles. The third-order valence-electron chi connectivity index (χ3n) is 7.49. The fourth-order valence-electron chi connectivity index (χ4n) is 4.87. The zero-order valence-electron chi connectivity index (χ0n) is 27.2. The van der Waals surface area contributed by atoms with Gasteiger partial charge >= 0.3 is 12.4 Å². The Morgan fingerprint density at radius 2 is 1.17 bits per heavy atom. The molecule has 2 fully saturated rings. The summed E-state index contributed by atoms with van der Waals surface area (Å²) >= 11 is 15.0. The van der Waals surface area contributed by atoms with Crippen molar-refractivity contribution in [3.63, 3.8) is 0 Å². The second-order valence-corrected chi connectivity index (χ2v) is 12.2. The van der Waals surface area contributed by atoms with Gasteiger partial charge in [0.25, 0.3) is 0 Å². The molecule has 23 heteroatoms. The Morgan fingerprint density at radius 1 is 0.736 bits per heavy atom. The number of nitrogens with two attached hydrogens (primary N) is 1. The number of carbonyl (C=O) groups excluding carboxylic acids is 2. The summed E-state index contributed by atoms with van der Waals surface area (Å²) in [4.78, 5) is 56.6. The molecule has 2 atom stereocenters. The minimum absolute atomic E-state index is 0.0278. The van der Waals surface area contributed by atoms with Crippen molar-refractivity contribution in [1.29, 1.82) is 0 Å². The molecular formula is C30H29Cl3F6N12O2. The van der Waals surface area contributed by atoms with E-state index in [1.54, 1.807) is 6.07 Å². The van der Waals surface area contributed by atoms with Crippen LogP contribution in [0.2, 0.25) is 0 Å². The third-order valence-corrected chi connectivity index (χ3v) is 8.24. The summed E-state index contributed by atoms with van der Waals surface area (Å²) in [5, 5.41) is 1.99. The fraction of sp³-hybridized carbons (Fsp3) is 0.400. The van der Waals surface area contributed by atoms with Crippen LogP contribution in [0.15, 0.2) is 49.3 Å². The van der Waals surface area contributed by atoms with Crippen LogP contribution in [-0.2, 0) is 9.59 Å². The summed E-state index contributed by atoms with van der Waals surface area (Å²) in [6.45, 7) is 0.273. The van der Waals surface area contributed by atoms with E-state index in [4.69, 9.17) is 40.5 Å². The number of rotatable bonds is 7. The van der Waals surface area contributed by atoms with E-state index < -0.39 is 35.3 Å². The van der Waals surface area contributed by atoms with Gasteiger partial charge in [-0.15, -0.1) is 23.2 Å². The molecule has 6 rings (SSSR count). The highest BCUT2D eigenvalue weighted by atomic mass is 35.5. The van der Waals surface area contributed by atoms with Gasteiger partial charge in [-0.1, -0.05) is 0 Å².